The van der Waals surface area contributed by atoms with Crippen molar-refractivity contribution in [3.63, 3.8) is 0 Å². The van der Waals surface area contributed by atoms with Crippen LogP contribution < -0.4 is 5.32 Å². The summed E-state index contributed by atoms with van der Waals surface area (Å²) < 4.78 is 25.2. The van der Waals surface area contributed by atoms with E-state index >= 15 is 0 Å². The molecule has 0 radical (unpaired) electrons. The summed E-state index contributed by atoms with van der Waals surface area (Å²) in [5, 5.41) is 21.4. The quantitative estimate of drug-likeness (QED) is 0.594. The molecular weight excluding hydrogens is 238 g/mol. The highest BCUT2D eigenvalue weighted by molar-refractivity contribution is 5.76. The summed E-state index contributed by atoms with van der Waals surface area (Å²) in [5.41, 5.74) is 0. The third-order valence-electron chi connectivity index (χ3n) is 3.36. The second-order valence-corrected chi connectivity index (χ2v) is 4.67. The van der Waals surface area contributed by atoms with Crippen LogP contribution in [0.15, 0.2) is 0 Å². The van der Waals surface area contributed by atoms with Gasteiger partial charge < -0.3 is 25.0 Å². The predicted octanol–water partition coefficient (Wildman–Crippen LogP) is -0.960. The fourth-order valence-corrected chi connectivity index (χ4v) is 2.18. The molecule has 0 bridgehead atoms. The van der Waals surface area contributed by atoms with Crippen LogP contribution in [0.1, 0.15) is 22.0 Å². The number of carbonyl (C=O) groups is 1. The standard InChI is InChI=1S/C12H21NO5/c14-7-11-8(1-3-18-11)6-13-12(16)5-10-9(15)2-4-17-10/h8-11,14-15H,1-7H2,(H,13,16)/t8-,9+,10-,11-/m1/s1/i3T,4T/t3-,4-,8+,9-,10+,11+/m0. The van der Waals surface area contributed by atoms with Crippen LogP contribution in [0.2, 0.25) is 0 Å². The Labute approximate surface area is 109 Å². The SMILES string of the molecule is [3H][C@H]1C[C@H](CNC(=O)C[C@H]2O[C@@H]([3H])C[C@@H]2O)[C@@H](CO)O1. The Kier molecular flexibility index (Phi) is 4.01. The zero-order valence-electron chi connectivity index (χ0n) is 12.1. The lowest BCUT2D eigenvalue weighted by molar-refractivity contribution is -0.124. The molecule has 6 heteroatoms. The summed E-state index contributed by atoms with van der Waals surface area (Å²) >= 11 is 0. The molecule has 2 aliphatic heterocycles. The first-order valence-corrected chi connectivity index (χ1v) is 6.20. The second kappa shape index (κ2) is 6.47. The normalized spacial score (nSPS) is 45.7. The Morgan fingerprint density at radius 1 is 1.33 bits per heavy atom. The Morgan fingerprint density at radius 2 is 2.06 bits per heavy atom. The summed E-state index contributed by atoms with van der Waals surface area (Å²) in [5.74, 6) is -0.349. The Balaban J connectivity index is 1.72. The van der Waals surface area contributed by atoms with Crippen LogP contribution in [0, 0.1) is 5.92 Å². The Morgan fingerprint density at radius 3 is 2.72 bits per heavy atom. The number of hydrogen-bond acceptors (Lipinski definition) is 5. The molecule has 2 fully saturated rings. The van der Waals surface area contributed by atoms with Crippen molar-refractivity contribution in [1.29, 1.82) is 0 Å². The molecule has 6 atom stereocenters. The van der Waals surface area contributed by atoms with Gasteiger partial charge in [0, 0.05) is 25.6 Å². The number of aliphatic hydroxyl groups is 2. The van der Waals surface area contributed by atoms with Gasteiger partial charge in [0.2, 0.25) is 5.91 Å². The highest BCUT2D eigenvalue weighted by Gasteiger charge is 2.30. The molecule has 0 saturated carbocycles. The lowest BCUT2D eigenvalue weighted by Crippen LogP contribution is -2.37. The highest BCUT2D eigenvalue weighted by atomic mass is 16.5. The second-order valence-electron chi connectivity index (χ2n) is 4.67. The number of carbonyl (C=O) groups excluding carboxylic acids is 1. The molecular formula is C12H21NO5. The van der Waals surface area contributed by atoms with Crippen LogP contribution in [0.4, 0.5) is 0 Å². The van der Waals surface area contributed by atoms with Gasteiger partial charge in [-0.3, -0.25) is 4.79 Å². The maximum Gasteiger partial charge on any atom is 0.222 e. The Bertz CT molecular complexity index is 346. The van der Waals surface area contributed by atoms with E-state index in [9.17, 15) is 9.90 Å². The van der Waals surface area contributed by atoms with Crippen LogP contribution in [0.5, 0.6) is 0 Å². The number of nitrogens with one attached hydrogen (secondary N) is 1. The van der Waals surface area contributed by atoms with E-state index in [1.165, 1.54) is 0 Å². The summed E-state index contributed by atoms with van der Waals surface area (Å²) in [6.45, 7) is -1.26. The van der Waals surface area contributed by atoms with Crippen LogP contribution in [-0.4, -0.2) is 60.7 Å². The van der Waals surface area contributed by atoms with E-state index in [0.29, 0.717) is 13.0 Å². The van der Waals surface area contributed by atoms with E-state index in [1.54, 1.807) is 0 Å². The van der Waals surface area contributed by atoms with Gasteiger partial charge in [0.15, 0.2) is 0 Å². The van der Waals surface area contributed by atoms with Gasteiger partial charge in [0.25, 0.3) is 0 Å². The first-order chi connectivity index (χ1) is 9.49. The minimum Gasteiger partial charge on any atom is -0.394 e. The van der Waals surface area contributed by atoms with Crippen molar-refractivity contribution in [3.8, 4) is 0 Å². The van der Waals surface area contributed by atoms with E-state index in [2.05, 4.69) is 5.32 Å². The van der Waals surface area contributed by atoms with Crippen LogP contribution in [0.3, 0.4) is 0 Å². The topological polar surface area (TPSA) is 88.0 Å². The van der Waals surface area contributed by atoms with Crippen molar-refractivity contribution in [2.75, 3.05) is 26.3 Å². The van der Waals surface area contributed by atoms with Gasteiger partial charge in [0.1, 0.15) is 0 Å². The van der Waals surface area contributed by atoms with Crippen molar-refractivity contribution >= 4 is 5.91 Å². The molecule has 2 aliphatic rings. The number of rotatable bonds is 5. The Hall–Kier alpha value is -0.690. The van der Waals surface area contributed by atoms with Crippen molar-refractivity contribution in [1.82, 2.24) is 5.32 Å². The minimum atomic E-state index is -0.777. The fraction of sp³-hybridized carbons (Fsp3) is 0.917. The lowest BCUT2D eigenvalue weighted by Gasteiger charge is -2.18. The van der Waals surface area contributed by atoms with Crippen LogP contribution >= 0.6 is 0 Å². The number of ether oxygens (including phenoxy) is 2. The van der Waals surface area contributed by atoms with Crippen molar-refractivity contribution in [3.05, 3.63) is 0 Å². The first-order valence-electron chi connectivity index (χ1n) is 7.36. The molecule has 0 aromatic rings. The van der Waals surface area contributed by atoms with Gasteiger partial charge in [-0.05, 0) is 12.8 Å². The monoisotopic (exact) mass is 263 g/mol. The number of aliphatic hydroxyl groups excluding tert-OH is 2. The first kappa shape index (κ1) is 11.2. The minimum absolute atomic E-state index is 0.0121. The molecule has 0 aromatic heterocycles. The van der Waals surface area contributed by atoms with Crippen molar-refractivity contribution in [2.24, 2.45) is 5.92 Å². The van der Waals surface area contributed by atoms with E-state index in [4.69, 9.17) is 17.3 Å². The van der Waals surface area contributed by atoms with E-state index < -0.39 is 31.5 Å². The highest BCUT2D eigenvalue weighted by Crippen LogP contribution is 2.20. The average molecular weight is 263 g/mol. The fourth-order valence-electron chi connectivity index (χ4n) is 2.18. The van der Waals surface area contributed by atoms with Crippen LogP contribution in [-0.2, 0) is 14.3 Å². The molecule has 1 amide bonds. The molecule has 104 valence electrons. The zero-order valence-corrected chi connectivity index (χ0v) is 10.1. The van der Waals surface area contributed by atoms with Gasteiger partial charge >= 0.3 is 0 Å². The molecule has 0 aliphatic carbocycles. The zero-order chi connectivity index (χ0) is 14.7. The maximum absolute atomic E-state index is 11.8. The third kappa shape index (κ3) is 3.41. The molecule has 3 N–H and O–H groups in total. The molecule has 0 aromatic carbocycles. The van der Waals surface area contributed by atoms with Gasteiger partial charge in [-0.15, -0.1) is 0 Å². The van der Waals surface area contributed by atoms with Gasteiger partial charge in [-0.2, -0.15) is 0 Å². The largest absolute Gasteiger partial charge is 0.394 e. The van der Waals surface area contributed by atoms with Gasteiger partial charge in [-0.1, -0.05) is 0 Å². The molecule has 18 heavy (non-hydrogen) atoms. The van der Waals surface area contributed by atoms with Crippen LogP contribution in [0.25, 0.3) is 0 Å². The van der Waals surface area contributed by atoms with Crippen molar-refractivity contribution < 1.29 is 27.2 Å². The molecule has 0 spiro atoms. The summed E-state index contributed by atoms with van der Waals surface area (Å²) in [6, 6.07) is 0. The molecule has 6 nitrogen and oxygen atoms in total. The predicted molar refractivity (Wildman–Crippen MR) is 62.9 cm³/mol. The summed E-state index contributed by atoms with van der Waals surface area (Å²) in [4.78, 5) is 11.8. The van der Waals surface area contributed by atoms with E-state index in [-0.39, 0.29) is 31.3 Å². The molecule has 2 rings (SSSR count). The number of amides is 1. The average Bonchev–Trinajstić information content (AvgIpc) is 2.89. The van der Waals surface area contributed by atoms with Crippen molar-refractivity contribution in [2.45, 2.75) is 37.6 Å². The summed E-state index contributed by atoms with van der Waals surface area (Å²) in [7, 11) is 0. The smallest absolute Gasteiger partial charge is 0.222 e. The number of hydrogen-bond donors (Lipinski definition) is 3. The summed E-state index contributed by atoms with van der Waals surface area (Å²) in [6.07, 6.45) is -1.11. The molecule has 2 saturated heterocycles. The molecule has 0 unspecified atom stereocenters. The third-order valence-corrected chi connectivity index (χ3v) is 3.36. The van der Waals surface area contributed by atoms with E-state index in [1.807, 2.05) is 0 Å². The van der Waals surface area contributed by atoms with E-state index in [0.717, 1.165) is 0 Å². The molecule has 2 heterocycles. The van der Waals surface area contributed by atoms with Gasteiger partial charge in [0.05, 0.1) is 34.1 Å². The lowest BCUT2D eigenvalue weighted by atomic mass is 10.0. The maximum atomic E-state index is 11.8. The van der Waals surface area contributed by atoms with Gasteiger partial charge in [-0.25, -0.2) is 0 Å².